The van der Waals surface area contributed by atoms with Crippen molar-refractivity contribution in [2.24, 2.45) is 0 Å². The number of rotatable bonds is 4. The molecule has 1 aromatic carbocycles. The monoisotopic (exact) mass is 361 g/mol. The summed E-state index contributed by atoms with van der Waals surface area (Å²) in [7, 11) is 0. The van der Waals surface area contributed by atoms with Gasteiger partial charge in [0.1, 0.15) is 0 Å². The van der Waals surface area contributed by atoms with Gasteiger partial charge in [-0.05, 0) is 43.0 Å². The molecule has 0 saturated carbocycles. The predicted molar refractivity (Wildman–Crippen MR) is 86.9 cm³/mol. The van der Waals surface area contributed by atoms with Crippen molar-refractivity contribution in [2.45, 2.75) is 25.8 Å². The van der Waals surface area contributed by atoms with Crippen LogP contribution < -0.4 is 5.32 Å². The maximum atomic E-state index is 11.6. The smallest absolute Gasteiger partial charge is 0.341 e. The first-order chi connectivity index (χ1) is 10.7. The Morgan fingerprint density at radius 2 is 2.05 bits per heavy atom. The van der Waals surface area contributed by atoms with E-state index in [-0.39, 0.29) is 6.04 Å². The normalized spacial score (nSPS) is 16.2. The number of nitrogens with one attached hydrogen (secondary N) is 1. The molecule has 114 valence electrons. The molecule has 2 aromatic rings. The van der Waals surface area contributed by atoms with Gasteiger partial charge in [-0.2, -0.15) is 0 Å². The Hall–Kier alpha value is -1.95. The molecule has 0 spiro atoms. The maximum Gasteiger partial charge on any atom is 0.341 e. The van der Waals surface area contributed by atoms with Gasteiger partial charge < -0.3 is 10.1 Å². The van der Waals surface area contributed by atoms with Crippen LogP contribution in [0, 0.1) is 0 Å². The van der Waals surface area contributed by atoms with Crippen LogP contribution in [-0.2, 0) is 17.6 Å². The van der Waals surface area contributed by atoms with Crippen LogP contribution in [-0.4, -0.2) is 28.6 Å². The van der Waals surface area contributed by atoms with Crippen molar-refractivity contribution in [1.29, 1.82) is 0 Å². The minimum Gasteiger partial charge on any atom is -0.462 e. The number of aromatic nitrogens is 2. The number of esters is 1. The summed E-state index contributed by atoms with van der Waals surface area (Å²) in [5, 5.41) is 3.32. The van der Waals surface area contributed by atoms with Crippen LogP contribution in [0.25, 0.3) is 0 Å². The summed E-state index contributed by atoms with van der Waals surface area (Å²) < 4.78 is 6.01. The first-order valence-corrected chi connectivity index (χ1v) is 7.98. The SMILES string of the molecule is CCOC(=O)c1cnc(N[C@@H]2Cc3ccc(Br)cc3C2)nc1. The zero-order valence-corrected chi connectivity index (χ0v) is 13.8. The molecular weight excluding hydrogens is 346 g/mol. The van der Waals surface area contributed by atoms with Gasteiger partial charge in [-0.3, -0.25) is 0 Å². The lowest BCUT2D eigenvalue weighted by Crippen LogP contribution is -2.21. The molecule has 0 saturated heterocycles. The summed E-state index contributed by atoms with van der Waals surface area (Å²) in [6, 6.07) is 6.64. The number of hydrogen-bond donors (Lipinski definition) is 1. The van der Waals surface area contributed by atoms with Gasteiger partial charge in [0.25, 0.3) is 0 Å². The van der Waals surface area contributed by atoms with Crippen LogP contribution in [0.4, 0.5) is 5.95 Å². The predicted octanol–water partition coefficient (Wildman–Crippen LogP) is 3.00. The number of halogens is 1. The second kappa shape index (κ2) is 6.44. The van der Waals surface area contributed by atoms with E-state index in [9.17, 15) is 4.79 Å². The standard InChI is InChI=1S/C16H16BrN3O2/c1-2-22-15(21)12-8-18-16(19-9-12)20-14-6-10-3-4-13(17)5-11(10)7-14/h3-5,8-9,14H,2,6-7H2,1H3,(H,18,19,20)/t14-/m1/s1. The summed E-state index contributed by atoms with van der Waals surface area (Å²) >= 11 is 3.50. The lowest BCUT2D eigenvalue weighted by Gasteiger charge is -2.11. The number of benzene rings is 1. The molecule has 5 nitrogen and oxygen atoms in total. The summed E-state index contributed by atoms with van der Waals surface area (Å²) in [6.45, 7) is 2.11. The van der Waals surface area contributed by atoms with E-state index >= 15 is 0 Å². The molecule has 1 aromatic heterocycles. The third-order valence-electron chi connectivity index (χ3n) is 3.60. The number of nitrogens with zero attached hydrogens (tertiary/aromatic N) is 2. The van der Waals surface area contributed by atoms with E-state index in [1.165, 1.54) is 23.5 Å². The molecular formula is C16H16BrN3O2. The summed E-state index contributed by atoms with van der Waals surface area (Å²) in [4.78, 5) is 19.9. The Morgan fingerprint density at radius 1 is 1.32 bits per heavy atom. The minimum atomic E-state index is -0.396. The van der Waals surface area contributed by atoms with Crippen LogP contribution >= 0.6 is 15.9 Å². The first-order valence-electron chi connectivity index (χ1n) is 7.18. The van der Waals surface area contributed by atoms with E-state index in [0.29, 0.717) is 18.1 Å². The molecule has 0 unspecified atom stereocenters. The average molecular weight is 362 g/mol. The Bertz CT molecular complexity index is 688. The third-order valence-corrected chi connectivity index (χ3v) is 4.09. The highest BCUT2D eigenvalue weighted by atomic mass is 79.9. The second-order valence-corrected chi connectivity index (χ2v) is 6.09. The maximum absolute atomic E-state index is 11.6. The molecule has 1 atom stereocenters. The summed E-state index contributed by atoms with van der Waals surface area (Å²) in [5.74, 6) is 0.136. The highest BCUT2D eigenvalue weighted by molar-refractivity contribution is 9.10. The molecule has 6 heteroatoms. The number of anilines is 1. The van der Waals surface area contributed by atoms with E-state index in [4.69, 9.17) is 4.74 Å². The van der Waals surface area contributed by atoms with E-state index in [2.05, 4.69) is 49.4 Å². The van der Waals surface area contributed by atoms with Crippen LogP contribution in [0.3, 0.4) is 0 Å². The van der Waals surface area contributed by atoms with Crippen LogP contribution in [0.1, 0.15) is 28.4 Å². The molecule has 22 heavy (non-hydrogen) atoms. The second-order valence-electron chi connectivity index (χ2n) is 5.18. The van der Waals surface area contributed by atoms with Crippen LogP contribution in [0.2, 0.25) is 0 Å². The van der Waals surface area contributed by atoms with Crippen molar-refractivity contribution < 1.29 is 9.53 Å². The van der Waals surface area contributed by atoms with Crippen molar-refractivity contribution in [3.8, 4) is 0 Å². The summed E-state index contributed by atoms with van der Waals surface area (Å²) in [5.41, 5.74) is 3.06. The molecule has 0 radical (unpaired) electrons. The number of hydrogen-bond acceptors (Lipinski definition) is 5. The molecule has 0 fully saturated rings. The lowest BCUT2D eigenvalue weighted by molar-refractivity contribution is 0.0525. The van der Waals surface area contributed by atoms with Gasteiger partial charge in [0.2, 0.25) is 5.95 Å². The van der Waals surface area contributed by atoms with Gasteiger partial charge in [0.05, 0.1) is 12.2 Å². The fraction of sp³-hybridized carbons (Fsp3) is 0.312. The number of fused-ring (bicyclic) bond motifs is 1. The highest BCUT2D eigenvalue weighted by Gasteiger charge is 2.22. The minimum absolute atomic E-state index is 0.276. The Labute approximate surface area is 137 Å². The van der Waals surface area contributed by atoms with Crippen LogP contribution in [0.5, 0.6) is 0 Å². The largest absolute Gasteiger partial charge is 0.462 e. The van der Waals surface area contributed by atoms with Crippen LogP contribution in [0.15, 0.2) is 35.1 Å². The average Bonchev–Trinajstić information content (AvgIpc) is 2.89. The van der Waals surface area contributed by atoms with E-state index in [0.717, 1.165) is 17.3 Å². The fourth-order valence-corrected chi connectivity index (χ4v) is 3.00. The zero-order valence-electron chi connectivity index (χ0n) is 12.2. The number of ether oxygens (including phenoxy) is 1. The van der Waals surface area contributed by atoms with E-state index < -0.39 is 5.97 Å². The van der Waals surface area contributed by atoms with Crippen molar-refractivity contribution in [1.82, 2.24) is 9.97 Å². The topological polar surface area (TPSA) is 64.1 Å². The molecule has 0 amide bonds. The molecule has 1 N–H and O–H groups in total. The molecule has 3 rings (SSSR count). The van der Waals surface area contributed by atoms with Crippen molar-refractivity contribution in [3.05, 3.63) is 51.8 Å². The van der Waals surface area contributed by atoms with Crippen molar-refractivity contribution >= 4 is 27.8 Å². The molecule has 0 bridgehead atoms. The molecule has 0 aliphatic heterocycles. The Kier molecular flexibility index (Phi) is 4.38. The zero-order chi connectivity index (χ0) is 15.5. The lowest BCUT2D eigenvalue weighted by atomic mass is 10.1. The number of carbonyl (C=O) groups excluding carboxylic acids is 1. The number of carbonyl (C=O) groups is 1. The van der Waals surface area contributed by atoms with Gasteiger partial charge in [-0.1, -0.05) is 22.0 Å². The van der Waals surface area contributed by atoms with E-state index in [1.807, 2.05) is 0 Å². The Morgan fingerprint density at radius 3 is 2.77 bits per heavy atom. The molecule has 1 aliphatic rings. The quantitative estimate of drug-likeness (QED) is 0.848. The van der Waals surface area contributed by atoms with Gasteiger partial charge in [0, 0.05) is 22.9 Å². The highest BCUT2D eigenvalue weighted by Crippen LogP contribution is 2.26. The van der Waals surface area contributed by atoms with Crippen molar-refractivity contribution in [2.75, 3.05) is 11.9 Å². The third kappa shape index (κ3) is 3.27. The van der Waals surface area contributed by atoms with Gasteiger partial charge in [-0.25, -0.2) is 14.8 Å². The molecule has 1 heterocycles. The fourth-order valence-electron chi connectivity index (χ4n) is 2.59. The van der Waals surface area contributed by atoms with Gasteiger partial charge in [-0.15, -0.1) is 0 Å². The van der Waals surface area contributed by atoms with E-state index in [1.54, 1.807) is 6.92 Å². The Balaban J connectivity index is 1.64. The van der Waals surface area contributed by atoms with Gasteiger partial charge in [0.15, 0.2) is 0 Å². The first kappa shape index (κ1) is 15.0. The van der Waals surface area contributed by atoms with Crippen molar-refractivity contribution in [3.63, 3.8) is 0 Å². The summed E-state index contributed by atoms with van der Waals surface area (Å²) in [6.07, 6.45) is 4.88. The van der Waals surface area contributed by atoms with Gasteiger partial charge >= 0.3 is 5.97 Å². The molecule has 1 aliphatic carbocycles.